The van der Waals surface area contributed by atoms with E-state index in [1.165, 1.54) is 18.8 Å². The third-order valence-electron chi connectivity index (χ3n) is 2.76. The summed E-state index contributed by atoms with van der Waals surface area (Å²) in [6, 6.07) is 0.565. The lowest BCUT2D eigenvalue weighted by molar-refractivity contribution is 0.610. The molecule has 74 valence electrons. The summed E-state index contributed by atoms with van der Waals surface area (Å²) in [5, 5.41) is 0.730. The van der Waals surface area contributed by atoms with Crippen LogP contribution in [0.25, 0.3) is 0 Å². The molecule has 2 bridgehead atoms. The SMILES string of the molecule is Fc1cnc(N2C[C@H]3C[C@H]2CS3)nc1. The van der Waals surface area contributed by atoms with Crippen molar-refractivity contribution in [2.24, 2.45) is 0 Å². The van der Waals surface area contributed by atoms with Gasteiger partial charge in [0.1, 0.15) is 0 Å². The van der Waals surface area contributed by atoms with E-state index in [1.54, 1.807) is 0 Å². The van der Waals surface area contributed by atoms with E-state index in [4.69, 9.17) is 0 Å². The maximum Gasteiger partial charge on any atom is 0.225 e. The molecule has 3 rings (SSSR count). The minimum absolute atomic E-state index is 0.368. The van der Waals surface area contributed by atoms with Gasteiger partial charge < -0.3 is 4.90 Å². The quantitative estimate of drug-likeness (QED) is 0.700. The monoisotopic (exact) mass is 211 g/mol. The van der Waals surface area contributed by atoms with Crippen molar-refractivity contribution in [2.45, 2.75) is 17.7 Å². The lowest BCUT2D eigenvalue weighted by atomic mass is 10.2. The highest BCUT2D eigenvalue weighted by Crippen LogP contribution is 2.38. The van der Waals surface area contributed by atoms with Crippen LogP contribution in [0.1, 0.15) is 6.42 Å². The first-order valence-electron chi connectivity index (χ1n) is 4.69. The summed E-state index contributed by atoms with van der Waals surface area (Å²) in [4.78, 5) is 10.2. The molecule has 2 fully saturated rings. The number of halogens is 1. The second-order valence-corrected chi connectivity index (χ2v) is 5.03. The average Bonchev–Trinajstić information content (AvgIpc) is 2.80. The van der Waals surface area contributed by atoms with E-state index >= 15 is 0 Å². The molecule has 2 aliphatic heterocycles. The topological polar surface area (TPSA) is 29.0 Å². The van der Waals surface area contributed by atoms with Gasteiger partial charge in [-0.1, -0.05) is 0 Å². The standard InChI is InChI=1S/C9H10FN3S/c10-6-2-11-9(12-3-6)13-4-8-1-7(13)5-14-8/h2-3,7-8H,1,4-5H2/t7-,8+/m0/s1. The predicted octanol–water partition coefficient (Wildman–Crippen LogP) is 1.31. The third-order valence-corrected chi connectivity index (χ3v) is 4.15. The summed E-state index contributed by atoms with van der Waals surface area (Å²) in [5.41, 5.74) is 0. The van der Waals surface area contributed by atoms with E-state index in [0.717, 1.165) is 17.5 Å². The van der Waals surface area contributed by atoms with Crippen molar-refractivity contribution < 1.29 is 4.39 Å². The van der Waals surface area contributed by atoms with Crippen LogP contribution in [0.3, 0.4) is 0 Å². The molecule has 0 spiro atoms. The van der Waals surface area contributed by atoms with Crippen molar-refractivity contribution in [3.8, 4) is 0 Å². The fourth-order valence-electron chi connectivity index (χ4n) is 2.10. The van der Waals surface area contributed by atoms with Crippen LogP contribution in [0.15, 0.2) is 12.4 Å². The van der Waals surface area contributed by atoms with Gasteiger partial charge in [-0.3, -0.25) is 0 Å². The molecule has 0 unspecified atom stereocenters. The Morgan fingerprint density at radius 3 is 2.79 bits per heavy atom. The van der Waals surface area contributed by atoms with Crippen molar-refractivity contribution in [3.63, 3.8) is 0 Å². The Hall–Kier alpha value is -0.840. The molecule has 1 aromatic heterocycles. The molecule has 3 nitrogen and oxygen atoms in total. The van der Waals surface area contributed by atoms with E-state index in [1.807, 2.05) is 11.8 Å². The zero-order valence-corrected chi connectivity index (χ0v) is 8.38. The molecule has 3 heterocycles. The van der Waals surface area contributed by atoms with Gasteiger partial charge in [-0.25, -0.2) is 14.4 Å². The Kier molecular flexibility index (Phi) is 1.87. The molecular formula is C9H10FN3S. The van der Waals surface area contributed by atoms with Crippen LogP contribution >= 0.6 is 11.8 Å². The van der Waals surface area contributed by atoms with E-state index in [-0.39, 0.29) is 5.82 Å². The van der Waals surface area contributed by atoms with E-state index in [0.29, 0.717) is 12.0 Å². The normalized spacial score (nSPS) is 29.9. The number of hydrogen-bond donors (Lipinski definition) is 0. The van der Waals surface area contributed by atoms with Gasteiger partial charge in [-0.05, 0) is 6.42 Å². The molecule has 1 aromatic rings. The minimum Gasteiger partial charge on any atom is -0.336 e. The van der Waals surface area contributed by atoms with Crippen LogP contribution in [0.4, 0.5) is 10.3 Å². The number of thioether (sulfide) groups is 1. The summed E-state index contributed by atoms with van der Waals surface area (Å²) < 4.78 is 12.6. The van der Waals surface area contributed by atoms with Gasteiger partial charge in [-0.15, -0.1) is 0 Å². The highest BCUT2D eigenvalue weighted by molar-refractivity contribution is 8.00. The van der Waals surface area contributed by atoms with Gasteiger partial charge in [-0.2, -0.15) is 11.8 Å². The third kappa shape index (κ3) is 1.27. The molecule has 0 radical (unpaired) electrons. The molecule has 2 atom stereocenters. The van der Waals surface area contributed by atoms with Gasteiger partial charge in [0.05, 0.1) is 12.4 Å². The molecule has 5 heteroatoms. The Morgan fingerprint density at radius 2 is 2.21 bits per heavy atom. The smallest absolute Gasteiger partial charge is 0.225 e. The van der Waals surface area contributed by atoms with E-state index in [2.05, 4.69) is 14.9 Å². The van der Waals surface area contributed by atoms with Gasteiger partial charge in [0.2, 0.25) is 5.95 Å². The van der Waals surface area contributed by atoms with Gasteiger partial charge in [0.25, 0.3) is 0 Å². The maximum absolute atomic E-state index is 12.6. The first kappa shape index (κ1) is 8.47. The maximum atomic E-state index is 12.6. The van der Waals surface area contributed by atoms with Crippen molar-refractivity contribution in [3.05, 3.63) is 18.2 Å². The molecule has 0 saturated carbocycles. The number of nitrogens with zero attached hydrogens (tertiary/aromatic N) is 3. The fraction of sp³-hybridized carbons (Fsp3) is 0.556. The highest BCUT2D eigenvalue weighted by atomic mass is 32.2. The second-order valence-electron chi connectivity index (χ2n) is 3.70. The fourth-order valence-corrected chi connectivity index (χ4v) is 3.53. The average molecular weight is 211 g/mol. The number of hydrogen-bond acceptors (Lipinski definition) is 4. The molecular weight excluding hydrogens is 201 g/mol. The molecule has 2 saturated heterocycles. The summed E-state index contributed by atoms with van der Waals surface area (Å²) in [6.45, 7) is 1.01. The summed E-state index contributed by atoms with van der Waals surface area (Å²) in [7, 11) is 0. The van der Waals surface area contributed by atoms with Crippen LogP contribution in [-0.4, -0.2) is 33.6 Å². The molecule has 0 aromatic carbocycles. The Morgan fingerprint density at radius 1 is 1.43 bits per heavy atom. The summed E-state index contributed by atoms with van der Waals surface area (Å²) in [6.07, 6.45) is 3.70. The van der Waals surface area contributed by atoms with Crippen LogP contribution < -0.4 is 4.90 Å². The van der Waals surface area contributed by atoms with Crippen molar-refractivity contribution in [1.29, 1.82) is 0 Å². The molecule has 0 N–H and O–H groups in total. The highest BCUT2D eigenvalue weighted by Gasteiger charge is 2.39. The molecule has 0 aliphatic carbocycles. The van der Waals surface area contributed by atoms with E-state index in [9.17, 15) is 4.39 Å². The van der Waals surface area contributed by atoms with Gasteiger partial charge >= 0.3 is 0 Å². The van der Waals surface area contributed by atoms with Crippen LogP contribution in [0.2, 0.25) is 0 Å². The zero-order chi connectivity index (χ0) is 9.54. The van der Waals surface area contributed by atoms with Crippen molar-refractivity contribution >= 4 is 17.7 Å². The predicted molar refractivity (Wildman–Crippen MR) is 54.0 cm³/mol. The molecule has 0 amide bonds. The Bertz CT molecular complexity index is 342. The summed E-state index contributed by atoms with van der Waals surface area (Å²) in [5.74, 6) is 1.47. The number of aromatic nitrogens is 2. The molecule has 14 heavy (non-hydrogen) atoms. The van der Waals surface area contributed by atoms with Crippen molar-refractivity contribution in [2.75, 3.05) is 17.2 Å². The van der Waals surface area contributed by atoms with Crippen LogP contribution in [0, 0.1) is 5.82 Å². The Labute approximate surface area is 85.7 Å². The summed E-state index contributed by atoms with van der Waals surface area (Å²) >= 11 is 2.02. The van der Waals surface area contributed by atoms with Crippen LogP contribution in [0.5, 0.6) is 0 Å². The lowest BCUT2D eigenvalue weighted by Gasteiger charge is -2.26. The number of fused-ring (bicyclic) bond motifs is 2. The lowest BCUT2D eigenvalue weighted by Crippen LogP contribution is -2.35. The first-order valence-corrected chi connectivity index (χ1v) is 5.73. The van der Waals surface area contributed by atoms with Crippen LogP contribution in [-0.2, 0) is 0 Å². The van der Waals surface area contributed by atoms with Gasteiger partial charge in [0, 0.05) is 23.6 Å². The largest absolute Gasteiger partial charge is 0.336 e. The minimum atomic E-state index is -0.368. The second kappa shape index (κ2) is 3.08. The number of anilines is 1. The zero-order valence-electron chi connectivity index (χ0n) is 7.56. The molecule has 2 aliphatic rings. The first-order chi connectivity index (χ1) is 6.83. The number of rotatable bonds is 1. The van der Waals surface area contributed by atoms with Gasteiger partial charge in [0.15, 0.2) is 5.82 Å². The van der Waals surface area contributed by atoms with E-state index < -0.39 is 0 Å². The van der Waals surface area contributed by atoms with Crippen molar-refractivity contribution in [1.82, 2.24) is 9.97 Å². The Balaban J connectivity index is 1.86.